The van der Waals surface area contributed by atoms with Gasteiger partial charge in [-0.15, -0.1) is 11.8 Å². The lowest BCUT2D eigenvalue weighted by atomic mass is 10.3. The van der Waals surface area contributed by atoms with E-state index in [4.69, 9.17) is 0 Å². The Hall–Kier alpha value is -2.10. The summed E-state index contributed by atoms with van der Waals surface area (Å²) in [5, 5.41) is 14.2. The minimum Gasteiger partial charge on any atom is -0.383 e. The van der Waals surface area contributed by atoms with Crippen molar-refractivity contribution in [2.24, 2.45) is 0 Å². The molecule has 0 aliphatic carbocycles. The van der Waals surface area contributed by atoms with Gasteiger partial charge in [0.1, 0.15) is 4.90 Å². The van der Waals surface area contributed by atoms with Gasteiger partial charge >= 0.3 is 0 Å². The molecule has 0 unspecified atom stereocenters. The van der Waals surface area contributed by atoms with Crippen LogP contribution < -0.4 is 5.32 Å². The van der Waals surface area contributed by atoms with Crippen LogP contribution in [0.3, 0.4) is 0 Å². The van der Waals surface area contributed by atoms with Crippen molar-refractivity contribution in [3.05, 3.63) is 58.6 Å². The number of rotatable bonds is 8. The molecule has 0 atom stereocenters. The van der Waals surface area contributed by atoms with Gasteiger partial charge in [0.15, 0.2) is 0 Å². The van der Waals surface area contributed by atoms with Crippen LogP contribution >= 0.6 is 11.8 Å². The number of non-ortho nitro benzene ring substituents is 1. The second-order valence-corrected chi connectivity index (χ2v) is 9.21. The van der Waals surface area contributed by atoms with Gasteiger partial charge in [0.05, 0.1) is 10.6 Å². The van der Waals surface area contributed by atoms with Gasteiger partial charge in [-0.05, 0) is 31.0 Å². The molecule has 1 N–H and O–H groups in total. The Kier molecular flexibility index (Phi) is 6.35. The molecule has 1 saturated heterocycles. The molecule has 0 radical (unpaired) electrons. The SMILES string of the molecule is O=[N+]([O-])c1ccc(NCCSc2ccccc2)c(S(=O)(=O)N2CCCC2)c1. The summed E-state index contributed by atoms with van der Waals surface area (Å²) in [4.78, 5) is 11.6. The fraction of sp³-hybridized carbons (Fsp3) is 0.333. The molecule has 2 aromatic rings. The van der Waals surface area contributed by atoms with E-state index >= 15 is 0 Å². The molecule has 0 amide bonds. The third-order valence-electron chi connectivity index (χ3n) is 4.29. The maximum Gasteiger partial charge on any atom is 0.270 e. The van der Waals surface area contributed by atoms with Gasteiger partial charge in [-0.25, -0.2) is 8.42 Å². The Morgan fingerprint density at radius 1 is 1.11 bits per heavy atom. The standard InChI is InChI=1S/C18H21N3O4S2/c22-21(23)15-8-9-17(19-10-13-26-16-6-2-1-3-7-16)18(14-15)27(24,25)20-11-4-5-12-20/h1-3,6-9,14,19H,4-5,10-13H2. The van der Waals surface area contributed by atoms with Gasteiger partial charge in [0.25, 0.3) is 5.69 Å². The van der Waals surface area contributed by atoms with E-state index in [1.807, 2.05) is 30.3 Å². The number of nitrogens with one attached hydrogen (secondary N) is 1. The van der Waals surface area contributed by atoms with E-state index in [-0.39, 0.29) is 10.6 Å². The lowest BCUT2D eigenvalue weighted by Gasteiger charge is -2.18. The van der Waals surface area contributed by atoms with Gasteiger partial charge in [-0.1, -0.05) is 18.2 Å². The molecule has 0 saturated carbocycles. The lowest BCUT2D eigenvalue weighted by Crippen LogP contribution is -2.28. The number of nitrogens with zero attached hydrogens (tertiary/aromatic N) is 2. The first-order valence-electron chi connectivity index (χ1n) is 8.69. The first kappa shape index (κ1) is 19.7. The summed E-state index contributed by atoms with van der Waals surface area (Å²) < 4.78 is 27.3. The predicted molar refractivity (Wildman–Crippen MR) is 107 cm³/mol. The number of nitro groups is 1. The number of hydrogen-bond donors (Lipinski definition) is 1. The van der Waals surface area contributed by atoms with Crippen molar-refractivity contribution in [1.82, 2.24) is 4.31 Å². The summed E-state index contributed by atoms with van der Waals surface area (Å²) in [5.41, 5.74) is 0.179. The van der Waals surface area contributed by atoms with E-state index in [1.54, 1.807) is 11.8 Å². The Morgan fingerprint density at radius 3 is 2.48 bits per heavy atom. The smallest absolute Gasteiger partial charge is 0.270 e. The third kappa shape index (κ3) is 4.79. The highest BCUT2D eigenvalue weighted by Gasteiger charge is 2.30. The summed E-state index contributed by atoms with van der Waals surface area (Å²) in [6.07, 6.45) is 1.62. The van der Waals surface area contributed by atoms with Gasteiger partial charge in [-0.3, -0.25) is 10.1 Å². The Morgan fingerprint density at radius 2 is 1.81 bits per heavy atom. The molecule has 3 rings (SSSR count). The topological polar surface area (TPSA) is 92.5 Å². The number of benzene rings is 2. The first-order valence-corrected chi connectivity index (χ1v) is 11.1. The van der Waals surface area contributed by atoms with Crippen LogP contribution in [0, 0.1) is 10.1 Å². The number of nitro benzene ring substituents is 1. The first-order chi connectivity index (χ1) is 13.0. The van der Waals surface area contributed by atoms with Crippen LogP contribution in [0.2, 0.25) is 0 Å². The minimum atomic E-state index is -3.76. The molecule has 9 heteroatoms. The summed E-state index contributed by atoms with van der Waals surface area (Å²) in [6, 6.07) is 13.9. The fourth-order valence-corrected chi connectivity index (χ4v) is 5.42. The van der Waals surface area contributed by atoms with Crippen LogP contribution in [-0.4, -0.2) is 43.0 Å². The zero-order chi connectivity index (χ0) is 19.3. The average molecular weight is 408 g/mol. The Bertz CT molecular complexity index is 898. The van der Waals surface area contributed by atoms with Crippen LogP contribution in [0.25, 0.3) is 0 Å². The van der Waals surface area contributed by atoms with Crippen molar-refractivity contribution in [3.63, 3.8) is 0 Å². The molecule has 1 fully saturated rings. The molecule has 0 aromatic heterocycles. The van der Waals surface area contributed by atoms with Crippen molar-refractivity contribution in [3.8, 4) is 0 Å². The number of thioether (sulfide) groups is 1. The minimum absolute atomic E-state index is 0.0247. The monoisotopic (exact) mass is 407 g/mol. The molecule has 1 aliphatic rings. The largest absolute Gasteiger partial charge is 0.383 e. The predicted octanol–water partition coefficient (Wildman–Crippen LogP) is 3.58. The van der Waals surface area contributed by atoms with Crippen LogP contribution in [0.4, 0.5) is 11.4 Å². The molecule has 1 heterocycles. The Labute approximate surface area is 163 Å². The quantitative estimate of drug-likeness (QED) is 0.311. The third-order valence-corrected chi connectivity index (χ3v) is 7.24. The van der Waals surface area contributed by atoms with Gasteiger partial charge in [0, 0.05) is 42.4 Å². The molecular weight excluding hydrogens is 386 g/mol. The normalized spacial score (nSPS) is 15.0. The van der Waals surface area contributed by atoms with Gasteiger partial charge in [-0.2, -0.15) is 4.31 Å². The number of hydrogen-bond acceptors (Lipinski definition) is 6. The summed E-state index contributed by atoms with van der Waals surface area (Å²) in [5.74, 6) is 0.740. The zero-order valence-electron chi connectivity index (χ0n) is 14.7. The average Bonchev–Trinajstić information content (AvgIpc) is 3.21. The van der Waals surface area contributed by atoms with Crippen LogP contribution in [0.15, 0.2) is 58.3 Å². The maximum absolute atomic E-state index is 12.9. The van der Waals surface area contributed by atoms with Gasteiger partial charge < -0.3 is 5.32 Å². The maximum atomic E-state index is 12.9. The van der Waals surface area contributed by atoms with E-state index in [0.29, 0.717) is 25.3 Å². The van der Waals surface area contributed by atoms with E-state index in [2.05, 4.69) is 5.32 Å². The molecule has 2 aromatic carbocycles. The molecule has 7 nitrogen and oxygen atoms in total. The number of anilines is 1. The van der Waals surface area contributed by atoms with Crippen molar-refractivity contribution in [2.75, 3.05) is 30.7 Å². The summed E-state index contributed by atoms with van der Waals surface area (Å²) in [7, 11) is -3.76. The van der Waals surface area contributed by atoms with Crippen LogP contribution in [-0.2, 0) is 10.0 Å². The van der Waals surface area contributed by atoms with E-state index in [9.17, 15) is 18.5 Å². The second-order valence-electron chi connectivity index (χ2n) is 6.14. The summed E-state index contributed by atoms with van der Waals surface area (Å²) in [6.45, 7) is 1.45. The number of sulfonamides is 1. The highest BCUT2D eigenvalue weighted by molar-refractivity contribution is 7.99. The van der Waals surface area contributed by atoms with E-state index in [0.717, 1.165) is 29.6 Å². The van der Waals surface area contributed by atoms with Crippen molar-refractivity contribution < 1.29 is 13.3 Å². The Balaban J connectivity index is 1.76. The summed E-state index contributed by atoms with van der Waals surface area (Å²) >= 11 is 1.66. The highest BCUT2D eigenvalue weighted by Crippen LogP contribution is 2.31. The van der Waals surface area contributed by atoms with Crippen molar-refractivity contribution >= 4 is 33.2 Å². The zero-order valence-corrected chi connectivity index (χ0v) is 16.3. The van der Waals surface area contributed by atoms with Crippen molar-refractivity contribution in [1.29, 1.82) is 0 Å². The van der Waals surface area contributed by atoms with E-state index < -0.39 is 14.9 Å². The molecular formula is C18H21N3O4S2. The van der Waals surface area contributed by atoms with E-state index in [1.165, 1.54) is 16.4 Å². The molecule has 0 bridgehead atoms. The van der Waals surface area contributed by atoms with Crippen molar-refractivity contribution in [2.45, 2.75) is 22.6 Å². The highest BCUT2D eigenvalue weighted by atomic mass is 32.2. The van der Waals surface area contributed by atoms with Crippen LogP contribution in [0.5, 0.6) is 0 Å². The molecule has 27 heavy (non-hydrogen) atoms. The lowest BCUT2D eigenvalue weighted by molar-refractivity contribution is -0.385. The molecule has 0 spiro atoms. The van der Waals surface area contributed by atoms with Crippen LogP contribution in [0.1, 0.15) is 12.8 Å². The molecule has 1 aliphatic heterocycles. The second kappa shape index (κ2) is 8.73. The van der Waals surface area contributed by atoms with Gasteiger partial charge in [0.2, 0.25) is 10.0 Å². The fourth-order valence-electron chi connectivity index (χ4n) is 2.92. The molecule has 144 valence electrons.